The van der Waals surface area contributed by atoms with Crippen LogP contribution in [0, 0.1) is 0 Å². The zero-order chi connectivity index (χ0) is 24.0. The van der Waals surface area contributed by atoms with Gasteiger partial charge in [0.25, 0.3) is 0 Å². The van der Waals surface area contributed by atoms with Crippen LogP contribution < -0.4 is 0 Å². The van der Waals surface area contributed by atoms with Crippen LogP contribution in [-0.2, 0) is 38.8 Å². The van der Waals surface area contributed by atoms with Crippen LogP contribution in [0.25, 0.3) is 0 Å². The Morgan fingerprint density at radius 2 is 1.03 bits per heavy atom. The highest BCUT2D eigenvalue weighted by Crippen LogP contribution is 2.23. The normalized spacial score (nSPS) is 14.9. The summed E-state index contributed by atoms with van der Waals surface area (Å²) in [4.78, 5) is 0. The highest BCUT2D eigenvalue weighted by molar-refractivity contribution is 5.15. The number of hydrogen-bond acceptors (Lipinski definition) is 6. The van der Waals surface area contributed by atoms with Crippen molar-refractivity contribution in [2.24, 2.45) is 0 Å². The summed E-state index contributed by atoms with van der Waals surface area (Å²) in [5.41, 5.74) is 2.94. The molecular weight excluding hydrogens is 432 g/mol. The third kappa shape index (κ3) is 8.33. The van der Waals surface area contributed by atoms with Gasteiger partial charge >= 0.3 is 0 Å². The minimum atomic E-state index is -1.24. The number of methoxy groups -OCH3 is 1. The second-order valence-corrected chi connectivity index (χ2v) is 8.00. The minimum Gasteiger partial charge on any atom is -0.396 e. The Hall–Kier alpha value is -2.58. The monoisotopic (exact) mass is 466 g/mol. The smallest absolute Gasteiger partial charge is 0.183 e. The zero-order valence-electron chi connectivity index (χ0n) is 19.5. The molecule has 0 heterocycles. The lowest BCUT2D eigenvalue weighted by molar-refractivity contribution is -0.233. The van der Waals surface area contributed by atoms with Gasteiger partial charge in [0.05, 0.1) is 25.9 Å². The molecule has 0 saturated carbocycles. The first-order valence-electron chi connectivity index (χ1n) is 11.5. The lowest BCUT2D eigenvalue weighted by Gasteiger charge is -2.35. The van der Waals surface area contributed by atoms with Gasteiger partial charge in [0.15, 0.2) is 6.29 Å². The van der Waals surface area contributed by atoms with E-state index in [0.29, 0.717) is 19.6 Å². The maximum atomic E-state index is 10.7. The number of ether oxygens (including phenoxy) is 4. The molecule has 0 bridgehead atoms. The van der Waals surface area contributed by atoms with E-state index in [4.69, 9.17) is 18.9 Å². The molecule has 0 aliphatic rings. The standard InChI is InChI=1S/C28H34O6/c1-31-28(30)27(34-21-24-15-9-4-10-16-24)26(33-20-23-13-7-3-8-14-23)25(17-18-29)32-19-22-11-5-2-6-12-22/h2-16,25-30H,17-21H2,1H3. The highest BCUT2D eigenvalue weighted by atomic mass is 16.6. The van der Waals surface area contributed by atoms with E-state index >= 15 is 0 Å². The Balaban J connectivity index is 1.81. The first-order chi connectivity index (χ1) is 16.7. The molecule has 3 rings (SSSR count). The van der Waals surface area contributed by atoms with Gasteiger partial charge in [-0.15, -0.1) is 0 Å². The molecule has 4 unspecified atom stereocenters. The van der Waals surface area contributed by atoms with Gasteiger partial charge in [-0.1, -0.05) is 91.0 Å². The van der Waals surface area contributed by atoms with E-state index in [9.17, 15) is 10.2 Å². The van der Waals surface area contributed by atoms with Crippen LogP contribution in [0.5, 0.6) is 0 Å². The van der Waals surface area contributed by atoms with Gasteiger partial charge in [-0.25, -0.2) is 0 Å². The molecule has 3 aromatic carbocycles. The Labute approximate surface area is 201 Å². The van der Waals surface area contributed by atoms with Crippen molar-refractivity contribution in [1.82, 2.24) is 0 Å². The fourth-order valence-corrected chi connectivity index (χ4v) is 3.67. The van der Waals surface area contributed by atoms with Crippen LogP contribution >= 0.6 is 0 Å². The third-order valence-corrected chi connectivity index (χ3v) is 5.50. The fraction of sp³-hybridized carbons (Fsp3) is 0.357. The van der Waals surface area contributed by atoms with Gasteiger partial charge < -0.3 is 29.2 Å². The number of rotatable bonds is 15. The Bertz CT molecular complexity index is 906. The molecule has 0 aliphatic carbocycles. The summed E-state index contributed by atoms with van der Waals surface area (Å²) in [6, 6.07) is 29.3. The minimum absolute atomic E-state index is 0.0981. The number of hydrogen-bond donors (Lipinski definition) is 2. The number of aliphatic hydroxyl groups is 2. The van der Waals surface area contributed by atoms with E-state index in [1.54, 1.807) is 0 Å². The van der Waals surface area contributed by atoms with Crippen molar-refractivity contribution < 1.29 is 29.2 Å². The SMILES string of the molecule is COC(O)C(OCc1ccccc1)C(OCc1ccccc1)C(CCO)OCc1ccccc1. The van der Waals surface area contributed by atoms with Crippen LogP contribution in [0.2, 0.25) is 0 Å². The summed E-state index contributed by atoms with van der Waals surface area (Å²) in [5, 5.41) is 20.5. The summed E-state index contributed by atoms with van der Waals surface area (Å²) in [6.07, 6.45) is -3.02. The lowest BCUT2D eigenvalue weighted by atomic mass is 10.0. The molecule has 34 heavy (non-hydrogen) atoms. The average molecular weight is 467 g/mol. The summed E-state index contributed by atoms with van der Waals surface area (Å²) in [5.74, 6) is 0. The number of benzene rings is 3. The van der Waals surface area contributed by atoms with E-state index in [1.807, 2.05) is 91.0 Å². The summed E-state index contributed by atoms with van der Waals surface area (Å²) < 4.78 is 23.9. The molecule has 3 aromatic rings. The molecule has 6 nitrogen and oxygen atoms in total. The van der Waals surface area contributed by atoms with Crippen molar-refractivity contribution in [3.8, 4) is 0 Å². The molecule has 0 saturated heterocycles. The summed E-state index contributed by atoms with van der Waals surface area (Å²) >= 11 is 0. The van der Waals surface area contributed by atoms with E-state index in [1.165, 1.54) is 7.11 Å². The molecular formula is C28H34O6. The topological polar surface area (TPSA) is 77.4 Å². The zero-order valence-corrected chi connectivity index (χ0v) is 19.5. The molecule has 2 N–H and O–H groups in total. The van der Waals surface area contributed by atoms with Gasteiger partial charge in [0, 0.05) is 13.7 Å². The molecule has 0 aliphatic heterocycles. The first kappa shape index (κ1) is 26.0. The third-order valence-electron chi connectivity index (χ3n) is 5.50. The molecule has 0 amide bonds. The van der Waals surface area contributed by atoms with Crippen LogP contribution in [0.1, 0.15) is 23.1 Å². The largest absolute Gasteiger partial charge is 0.396 e. The molecule has 0 spiro atoms. The van der Waals surface area contributed by atoms with Crippen molar-refractivity contribution in [1.29, 1.82) is 0 Å². The van der Waals surface area contributed by atoms with Crippen molar-refractivity contribution in [3.05, 3.63) is 108 Å². The van der Waals surface area contributed by atoms with Crippen molar-refractivity contribution in [2.45, 2.75) is 50.8 Å². The van der Waals surface area contributed by atoms with E-state index in [0.717, 1.165) is 16.7 Å². The molecule has 182 valence electrons. The predicted molar refractivity (Wildman–Crippen MR) is 130 cm³/mol. The van der Waals surface area contributed by atoms with Crippen molar-refractivity contribution in [2.75, 3.05) is 13.7 Å². The first-order valence-corrected chi connectivity index (χ1v) is 11.5. The maximum Gasteiger partial charge on any atom is 0.183 e. The fourth-order valence-electron chi connectivity index (χ4n) is 3.67. The summed E-state index contributed by atoms with van der Waals surface area (Å²) in [6.45, 7) is 0.801. The second-order valence-electron chi connectivity index (χ2n) is 8.00. The van der Waals surface area contributed by atoms with E-state index < -0.39 is 24.6 Å². The maximum absolute atomic E-state index is 10.7. The quantitative estimate of drug-likeness (QED) is 0.329. The highest BCUT2D eigenvalue weighted by Gasteiger charge is 2.37. The summed E-state index contributed by atoms with van der Waals surface area (Å²) in [7, 11) is 1.42. The van der Waals surface area contributed by atoms with Crippen molar-refractivity contribution in [3.63, 3.8) is 0 Å². The number of aliphatic hydroxyl groups excluding tert-OH is 2. The van der Waals surface area contributed by atoms with Gasteiger partial charge in [-0.05, 0) is 23.1 Å². The van der Waals surface area contributed by atoms with Crippen LogP contribution in [0.15, 0.2) is 91.0 Å². The Morgan fingerprint density at radius 3 is 1.44 bits per heavy atom. The molecule has 0 fully saturated rings. The van der Waals surface area contributed by atoms with Crippen LogP contribution in [0.3, 0.4) is 0 Å². The molecule has 4 atom stereocenters. The van der Waals surface area contributed by atoms with E-state index in [2.05, 4.69) is 0 Å². The van der Waals surface area contributed by atoms with Crippen LogP contribution in [-0.4, -0.2) is 48.5 Å². The van der Waals surface area contributed by atoms with Gasteiger partial charge in [-0.3, -0.25) is 0 Å². The molecule has 0 radical (unpaired) electrons. The predicted octanol–water partition coefficient (Wildman–Crippen LogP) is 4.09. The van der Waals surface area contributed by atoms with E-state index in [-0.39, 0.29) is 13.2 Å². The van der Waals surface area contributed by atoms with Crippen molar-refractivity contribution >= 4 is 0 Å². The van der Waals surface area contributed by atoms with Gasteiger partial charge in [-0.2, -0.15) is 0 Å². The second kappa shape index (κ2) is 14.6. The van der Waals surface area contributed by atoms with Gasteiger partial charge in [0.1, 0.15) is 12.2 Å². The average Bonchev–Trinajstić information content (AvgIpc) is 2.90. The Kier molecular flexibility index (Phi) is 11.2. The van der Waals surface area contributed by atoms with Gasteiger partial charge in [0.2, 0.25) is 0 Å². The molecule has 6 heteroatoms. The lowest BCUT2D eigenvalue weighted by Crippen LogP contribution is -2.49. The Morgan fingerprint density at radius 1 is 0.618 bits per heavy atom. The molecule has 0 aromatic heterocycles. The van der Waals surface area contributed by atoms with Crippen LogP contribution in [0.4, 0.5) is 0 Å².